The van der Waals surface area contributed by atoms with Crippen LogP contribution < -0.4 is 16.1 Å². The number of nitrogens with one attached hydrogen (secondary N) is 2. The Morgan fingerprint density at radius 2 is 1.41 bits per heavy atom. The number of nitrogens with zero attached hydrogens (tertiary/aromatic N) is 1. The third kappa shape index (κ3) is 6.22. The van der Waals surface area contributed by atoms with Gasteiger partial charge in [0.25, 0.3) is 5.91 Å². The second-order valence-electron chi connectivity index (χ2n) is 5.33. The minimum Gasteiger partial charge on any atom is -0.507 e. The molecule has 2 amide bonds. The molecule has 12 heteroatoms. The van der Waals surface area contributed by atoms with Crippen molar-refractivity contribution in [1.29, 1.82) is 0 Å². The summed E-state index contributed by atoms with van der Waals surface area (Å²) in [5.41, 5.74) is 1.70. The van der Waals surface area contributed by atoms with Gasteiger partial charge in [0.05, 0.1) is 23.1 Å². The number of rotatable bonds is 6. The number of hydrogen-bond acceptors (Lipinski definition) is 10. The van der Waals surface area contributed by atoms with E-state index in [-0.39, 0.29) is 22.6 Å². The lowest BCUT2D eigenvalue weighted by atomic mass is 10.2. The lowest BCUT2D eigenvalue weighted by molar-refractivity contribution is -0.133. The van der Waals surface area contributed by atoms with Gasteiger partial charge in [-0.3, -0.25) is 24.6 Å². The van der Waals surface area contributed by atoms with E-state index < -0.39 is 28.5 Å². The summed E-state index contributed by atoms with van der Waals surface area (Å²) in [7, 11) is 0. The van der Waals surface area contributed by atoms with Crippen LogP contribution in [-0.2, 0) is 9.59 Å². The first-order chi connectivity index (χ1) is 13.8. The van der Waals surface area contributed by atoms with Crippen molar-refractivity contribution in [2.75, 3.05) is 0 Å². The normalized spacial score (nSPS) is 10.2. The molecule has 2 rings (SSSR count). The molecular weight excluding hydrogens is 420 g/mol. The van der Waals surface area contributed by atoms with Gasteiger partial charge in [0, 0.05) is 11.9 Å². The molecule has 6 N–H and O–H groups in total. The number of para-hydroxylation sites is 2. The van der Waals surface area contributed by atoms with Crippen LogP contribution in [0.15, 0.2) is 48.5 Å². The Morgan fingerprint density at radius 3 is 1.93 bits per heavy atom. The van der Waals surface area contributed by atoms with Crippen molar-refractivity contribution in [2.24, 2.45) is 5.84 Å². The van der Waals surface area contributed by atoms with Gasteiger partial charge in [-0.25, -0.2) is 5.84 Å². The molecule has 0 aliphatic heterocycles. The van der Waals surface area contributed by atoms with Crippen LogP contribution in [0.4, 0.5) is 0 Å². The largest absolute Gasteiger partial charge is 0.507 e. The average Bonchev–Trinajstić information content (AvgIpc) is 2.71. The van der Waals surface area contributed by atoms with Crippen LogP contribution in [0.1, 0.15) is 27.1 Å². The number of phenols is 2. The molecule has 2 aromatic carbocycles. The molecule has 0 heterocycles. The molecule has 0 saturated carbocycles. The van der Waals surface area contributed by atoms with Gasteiger partial charge in [-0.05, 0) is 24.3 Å². The Balaban J connectivity index is 2.14. The van der Waals surface area contributed by atoms with E-state index in [4.69, 9.17) is 5.84 Å². The van der Waals surface area contributed by atoms with Crippen molar-refractivity contribution < 1.29 is 29.4 Å². The number of hydrazine groups is 2. The maximum absolute atomic E-state index is 12.4. The lowest BCUT2D eigenvalue weighted by Crippen LogP contribution is -2.40. The van der Waals surface area contributed by atoms with E-state index in [0.29, 0.717) is 28.3 Å². The number of amides is 2. The first kappa shape index (κ1) is 22.2. The first-order valence-corrected chi connectivity index (χ1v) is 9.50. The maximum atomic E-state index is 12.4. The van der Waals surface area contributed by atoms with Crippen LogP contribution >= 0.6 is 23.9 Å². The SMILES string of the molecule is NNC(=O)CC(=O)N(NSC(=O)c1ccccc1O)SC(=O)c1ccccc1O. The molecule has 10 nitrogen and oxygen atoms in total. The summed E-state index contributed by atoms with van der Waals surface area (Å²) in [5, 5.41) is 18.2. The van der Waals surface area contributed by atoms with Crippen molar-refractivity contribution in [2.45, 2.75) is 6.42 Å². The topological polar surface area (TPSA) is 162 Å². The molecule has 0 aliphatic carbocycles. The summed E-state index contributed by atoms with van der Waals surface area (Å²) in [6.07, 6.45) is -0.699. The molecule has 0 aliphatic rings. The molecule has 29 heavy (non-hydrogen) atoms. The molecule has 0 bridgehead atoms. The van der Waals surface area contributed by atoms with Crippen molar-refractivity contribution in [3.8, 4) is 11.5 Å². The molecule has 152 valence electrons. The van der Waals surface area contributed by atoms with Crippen LogP contribution in [0.5, 0.6) is 11.5 Å². The number of carbonyl (C=O) groups is 4. The van der Waals surface area contributed by atoms with Crippen molar-refractivity contribution in [3.05, 3.63) is 59.7 Å². The van der Waals surface area contributed by atoms with Gasteiger partial charge in [-0.15, -0.1) is 0 Å². The predicted molar refractivity (Wildman–Crippen MR) is 107 cm³/mol. The molecule has 0 aromatic heterocycles. The Hall–Kier alpha value is -3.06. The molecule has 0 radical (unpaired) electrons. The second kappa shape index (κ2) is 10.5. The fourth-order valence-electron chi connectivity index (χ4n) is 1.94. The molecule has 0 atom stereocenters. The molecule has 0 unspecified atom stereocenters. The summed E-state index contributed by atoms with van der Waals surface area (Å²) < 4.78 is 0.673. The minimum absolute atomic E-state index is 0.0193. The molecule has 0 saturated heterocycles. The first-order valence-electron chi connectivity index (χ1n) is 7.91. The summed E-state index contributed by atoms with van der Waals surface area (Å²) in [6.45, 7) is 0. The average molecular weight is 436 g/mol. The zero-order valence-corrected chi connectivity index (χ0v) is 16.3. The van der Waals surface area contributed by atoms with Gasteiger partial charge in [0.2, 0.25) is 16.1 Å². The quantitative estimate of drug-likeness (QED) is 0.146. The summed E-state index contributed by atoms with van der Waals surface area (Å²) >= 11 is 0.745. The van der Waals surface area contributed by atoms with Gasteiger partial charge < -0.3 is 10.2 Å². The summed E-state index contributed by atoms with van der Waals surface area (Å²) in [5.74, 6) is 2.72. The number of aromatic hydroxyl groups is 2. The van der Waals surface area contributed by atoms with Crippen molar-refractivity contribution in [1.82, 2.24) is 14.7 Å². The fraction of sp³-hybridized carbons (Fsp3) is 0.0588. The fourth-order valence-corrected chi connectivity index (χ4v) is 3.36. The highest BCUT2D eigenvalue weighted by Gasteiger charge is 2.25. The molecule has 2 aromatic rings. The van der Waals surface area contributed by atoms with E-state index in [1.807, 2.05) is 0 Å². The van der Waals surface area contributed by atoms with Gasteiger partial charge >= 0.3 is 0 Å². The zero-order valence-electron chi connectivity index (χ0n) is 14.7. The number of phenolic OH excluding ortho intramolecular Hbond substituents is 2. The van der Waals surface area contributed by atoms with Crippen molar-refractivity contribution >= 4 is 45.9 Å². The lowest BCUT2D eigenvalue weighted by Gasteiger charge is -2.20. The number of nitrogens with two attached hydrogens (primary N) is 1. The molecule has 0 fully saturated rings. The monoisotopic (exact) mass is 436 g/mol. The smallest absolute Gasteiger partial charge is 0.257 e. The third-order valence-electron chi connectivity index (χ3n) is 3.34. The van der Waals surface area contributed by atoms with E-state index in [1.54, 1.807) is 11.5 Å². The van der Waals surface area contributed by atoms with Crippen molar-refractivity contribution in [3.63, 3.8) is 0 Å². The Kier molecular flexibility index (Phi) is 8.03. The standard InChI is InChI=1S/C17H16N4O6S2/c18-19-14(24)9-15(25)21(29-17(27)11-6-2-4-8-13(11)23)20-28-16(26)10-5-1-3-7-12(10)22/h1-8,20,22-23H,9,18H2,(H,19,24). The number of benzene rings is 2. The molecule has 0 spiro atoms. The Bertz CT molecular complexity index is 940. The van der Waals surface area contributed by atoms with E-state index in [2.05, 4.69) is 4.83 Å². The van der Waals surface area contributed by atoms with Crippen LogP contribution in [0.3, 0.4) is 0 Å². The van der Waals surface area contributed by atoms with Crippen LogP contribution in [0, 0.1) is 0 Å². The third-order valence-corrected chi connectivity index (χ3v) is 5.00. The molecular formula is C17H16N4O6S2. The maximum Gasteiger partial charge on any atom is 0.257 e. The van der Waals surface area contributed by atoms with E-state index in [0.717, 1.165) is 0 Å². The second-order valence-corrected chi connectivity index (χ2v) is 7.00. The van der Waals surface area contributed by atoms with Gasteiger partial charge in [-0.1, -0.05) is 24.3 Å². The van der Waals surface area contributed by atoms with E-state index in [9.17, 15) is 29.4 Å². The number of hydrogen-bond donors (Lipinski definition) is 5. The van der Waals surface area contributed by atoms with Crippen LogP contribution in [0.25, 0.3) is 0 Å². The number of carbonyl (C=O) groups excluding carboxylic acids is 4. The van der Waals surface area contributed by atoms with Gasteiger partial charge in [-0.2, -0.15) is 9.25 Å². The van der Waals surface area contributed by atoms with Gasteiger partial charge in [0.1, 0.15) is 17.9 Å². The highest BCUT2D eigenvalue weighted by Crippen LogP contribution is 2.26. The summed E-state index contributed by atoms with van der Waals surface area (Å²) in [4.78, 5) is 50.7. The van der Waals surface area contributed by atoms with E-state index >= 15 is 0 Å². The Labute approximate surface area is 173 Å². The van der Waals surface area contributed by atoms with Crippen LogP contribution in [-0.4, -0.2) is 36.7 Å². The predicted octanol–water partition coefficient (Wildman–Crippen LogP) is 1.09. The zero-order chi connectivity index (χ0) is 21.4. The van der Waals surface area contributed by atoms with Crippen LogP contribution in [0.2, 0.25) is 0 Å². The highest BCUT2D eigenvalue weighted by atomic mass is 32.2. The van der Waals surface area contributed by atoms with Gasteiger partial charge in [0.15, 0.2) is 0 Å². The minimum atomic E-state index is -0.876. The Morgan fingerprint density at radius 1 is 0.897 bits per heavy atom. The van der Waals surface area contributed by atoms with E-state index in [1.165, 1.54) is 42.5 Å². The highest BCUT2D eigenvalue weighted by molar-refractivity contribution is 8.15. The summed E-state index contributed by atoms with van der Waals surface area (Å²) in [6, 6.07) is 11.5.